The Morgan fingerprint density at radius 2 is 1.94 bits per heavy atom. The van der Waals surface area contributed by atoms with E-state index in [4.69, 9.17) is 4.74 Å². The smallest absolute Gasteiger partial charge is 0.435 e. The molecule has 0 spiro atoms. The molecule has 0 bridgehead atoms. The number of hydrogen-bond donors (Lipinski definition) is 1. The number of nitrogens with one attached hydrogen (secondary N) is 1. The fraction of sp³-hybridized carbons (Fsp3) is 0.500. The van der Waals surface area contributed by atoms with Crippen molar-refractivity contribution in [3.8, 4) is 11.5 Å². The van der Waals surface area contributed by atoms with Gasteiger partial charge < -0.3 is 14.8 Å². The monoisotopic (exact) mass is 447 g/mol. The first-order chi connectivity index (χ1) is 14.7. The molecule has 0 unspecified atom stereocenters. The van der Waals surface area contributed by atoms with E-state index in [1.807, 2.05) is 0 Å². The van der Waals surface area contributed by atoms with Crippen LogP contribution in [0.25, 0.3) is 0 Å². The third-order valence-corrected chi connectivity index (χ3v) is 4.81. The molecule has 0 fully saturated rings. The molecule has 1 aromatic carbocycles. The number of carbonyl (C=O) groups excluding carboxylic acids is 1. The standard InChI is InChI=1S/C20H22F5N3O3/c1-2-30-16-10-12(8-9-15(16)31-19(21)22)26-17(29)11-28-14-7-5-3-4-6-13(14)18(27-28)20(23,24)25/h8-10,19H,2-7,11H2,1H3,(H,26,29). The Balaban J connectivity index is 1.79. The summed E-state index contributed by atoms with van der Waals surface area (Å²) >= 11 is 0. The molecular formula is C20H22F5N3O3. The molecule has 3 rings (SSSR count). The number of alkyl halides is 5. The number of benzene rings is 1. The second kappa shape index (κ2) is 9.52. The summed E-state index contributed by atoms with van der Waals surface area (Å²) < 4.78 is 75.9. The molecule has 6 nitrogen and oxygen atoms in total. The lowest BCUT2D eigenvalue weighted by Gasteiger charge is -2.13. The van der Waals surface area contributed by atoms with Crippen molar-refractivity contribution in [2.45, 2.75) is 58.4 Å². The molecule has 11 heteroatoms. The average Bonchev–Trinajstić information content (AvgIpc) is 2.85. The Hall–Kier alpha value is -2.85. The Labute approximate surface area is 175 Å². The predicted octanol–water partition coefficient (Wildman–Crippen LogP) is 4.81. The summed E-state index contributed by atoms with van der Waals surface area (Å²) in [6.45, 7) is -1.62. The number of aromatic nitrogens is 2. The zero-order chi connectivity index (χ0) is 22.6. The van der Waals surface area contributed by atoms with Gasteiger partial charge in [0.1, 0.15) is 6.54 Å². The van der Waals surface area contributed by atoms with Crippen molar-refractivity contribution < 1.29 is 36.2 Å². The van der Waals surface area contributed by atoms with Crippen molar-refractivity contribution in [1.82, 2.24) is 9.78 Å². The van der Waals surface area contributed by atoms with Gasteiger partial charge in [-0.05, 0) is 44.7 Å². The van der Waals surface area contributed by atoms with Gasteiger partial charge in [-0.2, -0.15) is 27.1 Å². The molecule has 1 aliphatic carbocycles. The summed E-state index contributed by atoms with van der Waals surface area (Å²) in [6, 6.07) is 3.86. The third kappa shape index (κ3) is 5.65. The maximum atomic E-state index is 13.4. The van der Waals surface area contributed by atoms with Crippen molar-refractivity contribution in [1.29, 1.82) is 0 Å². The van der Waals surface area contributed by atoms with Crippen LogP contribution in [0.15, 0.2) is 18.2 Å². The minimum absolute atomic E-state index is 0.00733. The molecule has 170 valence electrons. The fourth-order valence-corrected chi connectivity index (χ4v) is 3.59. The number of halogens is 5. The molecule has 1 aliphatic rings. The van der Waals surface area contributed by atoms with E-state index in [1.165, 1.54) is 18.2 Å². The van der Waals surface area contributed by atoms with Crippen LogP contribution in [0.3, 0.4) is 0 Å². The molecule has 0 saturated carbocycles. The molecule has 0 aliphatic heterocycles. The Morgan fingerprint density at radius 1 is 1.19 bits per heavy atom. The Kier molecular flexibility index (Phi) is 7.01. The van der Waals surface area contributed by atoms with E-state index in [0.29, 0.717) is 18.5 Å². The molecule has 2 aromatic rings. The van der Waals surface area contributed by atoms with Gasteiger partial charge in [-0.3, -0.25) is 9.48 Å². The van der Waals surface area contributed by atoms with E-state index >= 15 is 0 Å². The summed E-state index contributed by atoms with van der Waals surface area (Å²) in [5.41, 5.74) is -0.130. The van der Waals surface area contributed by atoms with Gasteiger partial charge in [0.15, 0.2) is 17.2 Å². The number of anilines is 1. The minimum Gasteiger partial charge on any atom is -0.490 e. The van der Waals surface area contributed by atoms with E-state index in [-0.39, 0.29) is 35.8 Å². The van der Waals surface area contributed by atoms with Crippen molar-refractivity contribution in [2.75, 3.05) is 11.9 Å². The first-order valence-corrected chi connectivity index (χ1v) is 9.86. The van der Waals surface area contributed by atoms with E-state index in [9.17, 15) is 26.7 Å². The van der Waals surface area contributed by atoms with Crippen LogP contribution in [0.5, 0.6) is 11.5 Å². The van der Waals surface area contributed by atoms with Crippen LogP contribution in [-0.4, -0.2) is 28.9 Å². The van der Waals surface area contributed by atoms with Gasteiger partial charge in [0, 0.05) is 23.0 Å². The largest absolute Gasteiger partial charge is 0.490 e. The van der Waals surface area contributed by atoms with Crippen LogP contribution in [0, 0.1) is 0 Å². The highest BCUT2D eigenvalue weighted by Gasteiger charge is 2.39. The lowest BCUT2D eigenvalue weighted by Crippen LogP contribution is -2.21. The van der Waals surface area contributed by atoms with Gasteiger partial charge in [0.2, 0.25) is 5.91 Å². The van der Waals surface area contributed by atoms with Crippen LogP contribution < -0.4 is 14.8 Å². The van der Waals surface area contributed by atoms with Crippen LogP contribution in [-0.2, 0) is 30.4 Å². The van der Waals surface area contributed by atoms with Gasteiger partial charge in [-0.15, -0.1) is 0 Å². The Morgan fingerprint density at radius 3 is 2.61 bits per heavy atom. The number of hydrogen-bond acceptors (Lipinski definition) is 4. The third-order valence-electron chi connectivity index (χ3n) is 4.81. The quantitative estimate of drug-likeness (QED) is 0.489. The highest BCUT2D eigenvalue weighted by molar-refractivity contribution is 5.91. The molecule has 1 amide bonds. The highest BCUT2D eigenvalue weighted by atomic mass is 19.4. The number of ether oxygens (including phenoxy) is 2. The van der Waals surface area contributed by atoms with E-state index in [1.54, 1.807) is 6.92 Å². The number of rotatable bonds is 7. The lowest BCUT2D eigenvalue weighted by atomic mass is 10.1. The predicted molar refractivity (Wildman–Crippen MR) is 101 cm³/mol. The summed E-state index contributed by atoms with van der Waals surface area (Å²) in [6.07, 6.45) is -1.73. The molecule has 1 N–H and O–H groups in total. The minimum atomic E-state index is -4.59. The van der Waals surface area contributed by atoms with Crippen LogP contribution in [0.4, 0.5) is 27.6 Å². The van der Waals surface area contributed by atoms with E-state index in [2.05, 4.69) is 15.2 Å². The van der Waals surface area contributed by atoms with Crippen molar-refractivity contribution in [3.05, 3.63) is 35.2 Å². The van der Waals surface area contributed by atoms with Crippen LogP contribution in [0.2, 0.25) is 0 Å². The summed E-state index contributed by atoms with van der Waals surface area (Å²) in [5.74, 6) is -0.789. The molecule has 1 heterocycles. The molecule has 1 aromatic heterocycles. The van der Waals surface area contributed by atoms with Gasteiger partial charge in [0.25, 0.3) is 0 Å². The number of nitrogens with zero attached hydrogens (tertiary/aromatic N) is 2. The molecule has 0 atom stereocenters. The number of amides is 1. The summed E-state index contributed by atoms with van der Waals surface area (Å²) in [4.78, 5) is 12.5. The summed E-state index contributed by atoms with van der Waals surface area (Å²) in [5, 5.41) is 6.22. The first kappa shape index (κ1) is 22.8. The first-order valence-electron chi connectivity index (χ1n) is 9.86. The number of carbonyl (C=O) groups is 1. The molecule has 0 radical (unpaired) electrons. The zero-order valence-corrected chi connectivity index (χ0v) is 16.8. The highest BCUT2D eigenvalue weighted by Crippen LogP contribution is 2.35. The summed E-state index contributed by atoms with van der Waals surface area (Å²) in [7, 11) is 0. The lowest BCUT2D eigenvalue weighted by molar-refractivity contribution is -0.142. The second-order valence-electron chi connectivity index (χ2n) is 7.01. The Bertz CT molecular complexity index is 928. The molecule has 31 heavy (non-hydrogen) atoms. The zero-order valence-electron chi connectivity index (χ0n) is 16.8. The molecular weight excluding hydrogens is 425 g/mol. The van der Waals surface area contributed by atoms with Gasteiger partial charge >= 0.3 is 12.8 Å². The topological polar surface area (TPSA) is 65.4 Å². The fourth-order valence-electron chi connectivity index (χ4n) is 3.59. The molecule has 0 saturated heterocycles. The van der Waals surface area contributed by atoms with E-state index < -0.39 is 30.9 Å². The van der Waals surface area contributed by atoms with Gasteiger partial charge in [0.05, 0.1) is 6.61 Å². The average molecular weight is 447 g/mol. The van der Waals surface area contributed by atoms with Crippen molar-refractivity contribution in [2.24, 2.45) is 0 Å². The van der Waals surface area contributed by atoms with Gasteiger partial charge in [-0.1, -0.05) is 6.42 Å². The van der Waals surface area contributed by atoms with Crippen LogP contribution in [0.1, 0.15) is 43.1 Å². The van der Waals surface area contributed by atoms with Crippen LogP contribution >= 0.6 is 0 Å². The van der Waals surface area contributed by atoms with Crippen molar-refractivity contribution >= 4 is 11.6 Å². The maximum absolute atomic E-state index is 13.4. The van der Waals surface area contributed by atoms with Gasteiger partial charge in [-0.25, -0.2) is 0 Å². The number of fused-ring (bicyclic) bond motifs is 1. The normalized spacial score (nSPS) is 14.2. The SMILES string of the molecule is CCOc1cc(NC(=O)Cn2nc(C(F)(F)F)c3c2CCCCC3)ccc1OC(F)F. The van der Waals surface area contributed by atoms with E-state index in [0.717, 1.165) is 17.5 Å². The maximum Gasteiger partial charge on any atom is 0.435 e. The van der Waals surface area contributed by atoms with Crippen molar-refractivity contribution in [3.63, 3.8) is 0 Å². The second-order valence-corrected chi connectivity index (χ2v) is 7.01.